The van der Waals surface area contributed by atoms with Crippen LogP contribution >= 0.6 is 0 Å². The van der Waals surface area contributed by atoms with E-state index in [9.17, 15) is 13.5 Å². The van der Waals surface area contributed by atoms with Gasteiger partial charge in [-0.3, -0.25) is 0 Å². The quantitative estimate of drug-likeness (QED) is 0.898. The summed E-state index contributed by atoms with van der Waals surface area (Å²) in [4.78, 5) is 0.239. The summed E-state index contributed by atoms with van der Waals surface area (Å²) in [5, 5.41) is 9.28. The minimum atomic E-state index is -3.52. The smallest absolute Gasteiger partial charge is 0.240 e. The predicted molar refractivity (Wildman–Crippen MR) is 83.4 cm³/mol. The van der Waals surface area contributed by atoms with E-state index in [1.807, 2.05) is 6.92 Å². The summed E-state index contributed by atoms with van der Waals surface area (Å²) >= 11 is 0. The number of benzene rings is 1. The fourth-order valence-corrected chi connectivity index (χ4v) is 4.63. The molecule has 118 valence electrons. The summed E-state index contributed by atoms with van der Waals surface area (Å²) in [5.41, 5.74) is 1.56. The van der Waals surface area contributed by atoms with E-state index >= 15 is 0 Å². The molecule has 0 amide bonds. The number of hydrogen-bond acceptors (Lipinski definition) is 3. The molecule has 1 fully saturated rings. The Bertz CT molecular complexity index is 588. The van der Waals surface area contributed by atoms with E-state index in [4.69, 9.17) is 0 Å². The molecule has 2 atom stereocenters. The molecule has 2 unspecified atom stereocenters. The lowest BCUT2D eigenvalue weighted by atomic mass is 9.81. The molecule has 0 heterocycles. The van der Waals surface area contributed by atoms with Crippen molar-refractivity contribution in [3.8, 4) is 0 Å². The van der Waals surface area contributed by atoms with Crippen LogP contribution in [-0.4, -0.2) is 19.6 Å². The Morgan fingerprint density at radius 3 is 2.38 bits per heavy atom. The first-order chi connectivity index (χ1) is 9.81. The molecule has 0 aliphatic heterocycles. The van der Waals surface area contributed by atoms with Gasteiger partial charge in [0.15, 0.2) is 0 Å². The third-order valence-corrected chi connectivity index (χ3v) is 5.82. The van der Waals surface area contributed by atoms with Crippen LogP contribution < -0.4 is 4.72 Å². The van der Waals surface area contributed by atoms with Crippen LogP contribution in [0.4, 0.5) is 0 Å². The minimum absolute atomic E-state index is 0.00706. The minimum Gasteiger partial charge on any atom is -0.392 e. The molecule has 2 rings (SSSR count). The van der Waals surface area contributed by atoms with Crippen molar-refractivity contribution >= 4 is 10.0 Å². The Hall–Kier alpha value is -0.910. The van der Waals surface area contributed by atoms with Crippen LogP contribution in [0.15, 0.2) is 23.1 Å². The summed E-state index contributed by atoms with van der Waals surface area (Å²) < 4.78 is 27.8. The van der Waals surface area contributed by atoms with Gasteiger partial charge in [0, 0.05) is 6.04 Å². The van der Waals surface area contributed by atoms with Crippen molar-refractivity contribution in [2.45, 2.75) is 57.6 Å². The molecule has 4 nitrogen and oxygen atoms in total. The Balaban J connectivity index is 2.18. The highest BCUT2D eigenvalue weighted by Gasteiger charge is 2.28. The summed E-state index contributed by atoms with van der Waals surface area (Å²) in [6, 6.07) is 4.92. The second-order valence-corrected chi connectivity index (χ2v) is 8.20. The number of rotatable bonds is 4. The molecule has 5 heteroatoms. The molecule has 0 aromatic heterocycles. The van der Waals surface area contributed by atoms with Crippen LogP contribution in [0.2, 0.25) is 0 Å². The Morgan fingerprint density at radius 1 is 1.19 bits per heavy atom. The predicted octanol–water partition coefficient (Wildman–Crippen LogP) is 2.59. The van der Waals surface area contributed by atoms with Crippen molar-refractivity contribution in [3.63, 3.8) is 0 Å². The van der Waals surface area contributed by atoms with E-state index in [1.54, 1.807) is 18.2 Å². The highest BCUT2D eigenvalue weighted by molar-refractivity contribution is 7.89. The molecule has 1 aliphatic carbocycles. The van der Waals surface area contributed by atoms with Gasteiger partial charge in [0.05, 0.1) is 11.5 Å². The second kappa shape index (κ2) is 6.46. The molecule has 2 N–H and O–H groups in total. The average molecular weight is 311 g/mol. The first-order valence-electron chi connectivity index (χ1n) is 7.54. The number of nitrogens with one attached hydrogen (secondary N) is 1. The van der Waals surface area contributed by atoms with Gasteiger partial charge in [-0.15, -0.1) is 0 Å². The monoisotopic (exact) mass is 311 g/mol. The van der Waals surface area contributed by atoms with Gasteiger partial charge < -0.3 is 5.11 Å². The molecule has 1 aliphatic rings. The molecule has 0 saturated heterocycles. The fraction of sp³-hybridized carbons (Fsp3) is 0.625. The van der Waals surface area contributed by atoms with Gasteiger partial charge in [0.25, 0.3) is 0 Å². The van der Waals surface area contributed by atoms with Crippen LogP contribution in [0.1, 0.15) is 44.2 Å². The second-order valence-electron chi connectivity index (χ2n) is 6.48. The van der Waals surface area contributed by atoms with Crippen LogP contribution in [0.25, 0.3) is 0 Å². The molecule has 1 aromatic rings. The summed E-state index contributed by atoms with van der Waals surface area (Å²) in [5.74, 6) is 1.10. The van der Waals surface area contributed by atoms with E-state index in [2.05, 4.69) is 18.6 Å². The zero-order valence-corrected chi connectivity index (χ0v) is 13.8. The van der Waals surface area contributed by atoms with Gasteiger partial charge >= 0.3 is 0 Å². The highest BCUT2D eigenvalue weighted by Crippen LogP contribution is 2.29. The van der Waals surface area contributed by atoms with Gasteiger partial charge in [0.2, 0.25) is 10.0 Å². The molecule has 1 saturated carbocycles. The Kier molecular flexibility index (Phi) is 5.07. The van der Waals surface area contributed by atoms with E-state index in [0.29, 0.717) is 17.4 Å². The van der Waals surface area contributed by atoms with Crippen molar-refractivity contribution < 1.29 is 13.5 Å². The van der Waals surface area contributed by atoms with E-state index in [1.165, 1.54) is 0 Å². The maximum atomic E-state index is 12.5. The highest BCUT2D eigenvalue weighted by atomic mass is 32.2. The van der Waals surface area contributed by atoms with Crippen molar-refractivity contribution in [1.82, 2.24) is 4.72 Å². The number of sulfonamides is 1. The first-order valence-corrected chi connectivity index (χ1v) is 9.03. The van der Waals surface area contributed by atoms with Crippen molar-refractivity contribution in [3.05, 3.63) is 29.3 Å². The van der Waals surface area contributed by atoms with Gasteiger partial charge in [-0.05, 0) is 61.3 Å². The van der Waals surface area contributed by atoms with Gasteiger partial charge in [0.1, 0.15) is 0 Å². The lowest BCUT2D eigenvalue weighted by Gasteiger charge is -2.31. The van der Waals surface area contributed by atoms with E-state index in [-0.39, 0.29) is 17.5 Å². The lowest BCUT2D eigenvalue weighted by molar-refractivity contribution is 0.257. The van der Waals surface area contributed by atoms with Crippen molar-refractivity contribution in [1.29, 1.82) is 0 Å². The van der Waals surface area contributed by atoms with Gasteiger partial charge in [-0.25, -0.2) is 13.1 Å². The fourth-order valence-electron chi connectivity index (χ4n) is 3.32. The first kappa shape index (κ1) is 16.5. The molecular weight excluding hydrogens is 286 g/mol. The SMILES string of the molecule is Cc1ccc(S(=O)(=O)NC2CC(C)CC(C)C2)cc1CO. The van der Waals surface area contributed by atoms with Crippen molar-refractivity contribution in [2.75, 3.05) is 0 Å². The van der Waals surface area contributed by atoms with Crippen molar-refractivity contribution in [2.24, 2.45) is 11.8 Å². The Labute approximate surface area is 127 Å². The molecule has 1 aromatic carbocycles. The third kappa shape index (κ3) is 4.05. The zero-order valence-electron chi connectivity index (χ0n) is 13.0. The molecule has 0 bridgehead atoms. The molecular formula is C16H25NO3S. The summed E-state index contributed by atoms with van der Waals surface area (Å²) in [6.07, 6.45) is 2.95. The van der Waals surface area contributed by atoms with Gasteiger partial charge in [-0.1, -0.05) is 19.9 Å². The lowest BCUT2D eigenvalue weighted by Crippen LogP contribution is -2.40. The zero-order chi connectivity index (χ0) is 15.6. The number of aliphatic hydroxyl groups is 1. The number of hydrogen-bond donors (Lipinski definition) is 2. The van der Waals surface area contributed by atoms with Crippen LogP contribution in [0.5, 0.6) is 0 Å². The largest absolute Gasteiger partial charge is 0.392 e. The molecule has 21 heavy (non-hydrogen) atoms. The Morgan fingerprint density at radius 2 is 1.81 bits per heavy atom. The average Bonchev–Trinajstić information content (AvgIpc) is 2.37. The van der Waals surface area contributed by atoms with Gasteiger partial charge in [-0.2, -0.15) is 0 Å². The maximum Gasteiger partial charge on any atom is 0.240 e. The third-order valence-electron chi connectivity index (χ3n) is 4.30. The maximum absolute atomic E-state index is 12.5. The van der Waals surface area contributed by atoms with Crippen LogP contribution in [0.3, 0.4) is 0 Å². The van der Waals surface area contributed by atoms with E-state index in [0.717, 1.165) is 24.8 Å². The summed E-state index contributed by atoms with van der Waals surface area (Å²) in [7, 11) is -3.52. The number of aryl methyl sites for hydroxylation is 1. The van der Waals surface area contributed by atoms with Crippen LogP contribution in [-0.2, 0) is 16.6 Å². The van der Waals surface area contributed by atoms with E-state index < -0.39 is 10.0 Å². The molecule has 0 radical (unpaired) electrons. The number of aliphatic hydroxyl groups excluding tert-OH is 1. The summed E-state index contributed by atoms with van der Waals surface area (Å²) in [6.45, 7) is 6.06. The molecule has 0 spiro atoms. The normalized spacial score (nSPS) is 26.8. The standard InChI is InChI=1S/C16H25NO3S/c1-11-6-12(2)8-15(7-11)17-21(19,20)16-5-4-13(3)14(9-16)10-18/h4-5,9,11-12,15,17-18H,6-8,10H2,1-3H3. The topological polar surface area (TPSA) is 66.4 Å². The van der Waals surface area contributed by atoms with Crippen LogP contribution in [0, 0.1) is 18.8 Å².